The molecule has 0 bridgehead atoms. The topological polar surface area (TPSA) is 170 Å². The van der Waals surface area contributed by atoms with E-state index in [-0.39, 0.29) is 24.6 Å². The van der Waals surface area contributed by atoms with Gasteiger partial charge in [-0.25, -0.2) is 4.98 Å². The second-order valence-electron chi connectivity index (χ2n) is 8.94. The molecule has 1 aliphatic heterocycles. The van der Waals surface area contributed by atoms with E-state index in [1.165, 1.54) is 5.56 Å². The van der Waals surface area contributed by atoms with E-state index in [2.05, 4.69) is 32.7 Å². The predicted molar refractivity (Wildman–Crippen MR) is 141 cm³/mol. The molecule has 2 aromatic heterocycles. The summed E-state index contributed by atoms with van der Waals surface area (Å²) >= 11 is 0. The first-order valence-electron chi connectivity index (χ1n) is 12.6. The van der Waals surface area contributed by atoms with Crippen LogP contribution in [-0.2, 0) is 29.0 Å². The highest BCUT2D eigenvalue weighted by atomic mass is 16.4. The van der Waals surface area contributed by atoms with Crippen molar-refractivity contribution in [2.24, 2.45) is 5.73 Å². The van der Waals surface area contributed by atoms with Crippen molar-refractivity contribution in [1.82, 2.24) is 15.3 Å². The van der Waals surface area contributed by atoms with Gasteiger partial charge >= 0.3 is 5.97 Å². The Balaban J connectivity index is 0.000000231. The molecule has 0 unspecified atom stereocenters. The van der Waals surface area contributed by atoms with Crippen molar-refractivity contribution in [3.63, 3.8) is 0 Å². The average molecular weight is 510 g/mol. The number of aryl methyl sites for hydroxylation is 2. The van der Waals surface area contributed by atoms with Gasteiger partial charge < -0.3 is 31.6 Å². The lowest BCUT2D eigenvalue weighted by Gasteiger charge is -2.17. The maximum absolute atomic E-state index is 11.6. The summed E-state index contributed by atoms with van der Waals surface area (Å²) in [6.45, 7) is 1.23. The number of carboxylic acids is 1. The number of rotatable bonds is 11. The number of aromatic nitrogens is 2. The number of aliphatic hydroxyl groups excluding tert-OH is 1. The third-order valence-corrected chi connectivity index (χ3v) is 6.15. The van der Waals surface area contributed by atoms with Crippen molar-refractivity contribution >= 4 is 34.5 Å². The molecule has 1 aliphatic rings. The Morgan fingerprint density at radius 3 is 2.62 bits per heavy atom. The molecule has 0 spiro atoms. The number of H-pyrrole nitrogens is 1. The highest BCUT2D eigenvalue weighted by Crippen LogP contribution is 2.22. The molecule has 0 radical (unpaired) electrons. The number of fused-ring (bicyclic) bond motifs is 2. The van der Waals surface area contributed by atoms with Gasteiger partial charge in [-0.3, -0.25) is 14.4 Å². The molecule has 3 heterocycles. The lowest BCUT2D eigenvalue weighted by Crippen LogP contribution is -2.24. The van der Waals surface area contributed by atoms with Crippen LogP contribution in [0, 0.1) is 0 Å². The van der Waals surface area contributed by atoms with Crippen LogP contribution in [-0.4, -0.2) is 51.1 Å². The number of hydrogen-bond acceptors (Lipinski definition) is 6. The number of pyridine rings is 1. The predicted octanol–water partition coefficient (Wildman–Crippen LogP) is 2.89. The molecule has 10 heteroatoms. The van der Waals surface area contributed by atoms with Crippen molar-refractivity contribution in [2.75, 3.05) is 18.4 Å². The minimum Gasteiger partial charge on any atom is -0.481 e. The smallest absolute Gasteiger partial charge is 0.303 e. The summed E-state index contributed by atoms with van der Waals surface area (Å²) in [7, 11) is 0. The Labute approximate surface area is 215 Å². The number of carbonyl (C=O) groups is 3. The number of para-hydroxylation sites is 1. The summed E-state index contributed by atoms with van der Waals surface area (Å²) in [5, 5.41) is 24.6. The molecule has 10 nitrogen and oxygen atoms in total. The molecule has 37 heavy (non-hydrogen) atoms. The number of primary amides is 1. The number of carbonyl (C=O) groups excluding carboxylic acids is 2. The molecule has 3 aromatic rings. The fraction of sp³-hybridized carbons (Fsp3) is 0.407. The van der Waals surface area contributed by atoms with Crippen LogP contribution in [0.2, 0.25) is 0 Å². The van der Waals surface area contributed by atoms with Crippen LogP contribution in [0.15, 0.2) is 36.4 Å². The van der Waals surface area contributed by atoms with Crippen molar-refractivity contribution in [1.29, 1.82) is 0 Å². The lowest BCUT2D eigenvalue weighted by molar-refractivity contribution is -0.137. The van der Waals surface area contributed by atoms with E-state index in [9.17, 15) is 14.4 Å². The number of nitrogens with one attached hydrogen (secondary N) is 3. The van der Waals surface area contributed by atoms with Gasteiger partial charge in [-0.05, 0) is 56.2 Å². The standard InChI is InChI=1S/C17H25N3O3.C10H10N2O2/c21-15(18-11-4-8-16(22)23)7-2-1-6-14-10-9-13-5-3-12-19-17(13)20-14;11-10(14)9-7(5-13)6-3-1-2-4-8(6)12-9/h9-10H,1-8,11-12H2,(H,18,21)(H,19,20)(H,22,23);1-4,12-13H,5H2,(H2,11,14). The van der Waals surface area contributed by atoms with Crippen LogP contribution in [0.25, 0.3) is 10.9 Å². The van der Waals surface area contributed by atoms with E-state index in [0.29, 0.717) is 24.9 Å². The first kappa shape index (κ1) is 27.7. The zero-order chi connectivity index (χ0) is 26.6. The SMILES string of the molecule is NC(=O)c1[nH]c2ccccc2c1CO.O=C(O)CCCNC(=O)CCCCc1ccc2c(n1)NCCC2. The second kappa shape index (κ2) is 14.0. The van der Waals surface area contributed by atoms with E-state index < -0.39 is 11.9 Å². The van der Waals surface area contributed by atoms with E-state index in [0.717, 1.165) is 61.1 Å². The van der Waals surface area contributed by atoms with Crippen LogP contribution in [0.3, 0.4) is 0 Å². The number of aliphatic hydroxyl groups is 1. The van der Waals surface area contributed by atoms with Crippen LogP contribution in [0.4, 0.5) is 5.82 Å². The molecule has 0 atom stereocenters. The highest BCUT2D eigenvalue weighted by molar-refractivity contribution is 6.00. The van der Waals surface area contributed by atoms with Gasteiger partial charge in [-0.2, -0.15) is 0 Å². The highest BCUT2D eigenvalue weighted by Gasteiger charge is 2.14. The monoisotopic (exact) mass is 509 g/mol. The van der Waals surface area contributed by atoms with Gasteiger partial charge in [0.25, 0.3) is 5.91 Å². The van der Waals surface area contributed by atoms with Gasteiger partial charge in [-0.15, -0.1) is 0 Å². The number of nitrogens with two attached hydrogens (primary N) is 1. The molecule has 0 fully saturated rings. The number of anilines is 1. The molecule has 1 aromatic carbocycles. The summed E-state index contributed by atoms with van der Waals surface area (Å²) in [5.41, 5.74) is 9.19. The normalized spacial score (nSPS) is 12.1. The summed E-state index contributed by atoms with van der Waals surface area (Å²) < 4.78 is 0. The molecule has 0 aliphatic carbocycles. The molecule has 7 N–H and O–H groups in total. The molecular formula is C27H35N5O5. The van der Waals surface area contributed by atoms with Gasteiger partial charge in [0.1, 0.15) is 11.5 Å². The van der Waals surface area contributed by atoms with E-state index in [1.807, 2.05) is 24.3 Å². The Kier molecular flexibility index (Phi) is 10.5. The molecule has 0 saturated carbocycles. The summed E-state index contributed by atoms with van der Waals surface area (Å²) in [5.74, 6) is -0.364. The fourth-order valence-corrected chi connectivity index (χ4v) is 4.23. The van der Waals surface area contributed by atoms with Gasteiger partial charge in [0.2, 0.25) is 5.91 Å². The lowest BCUT2D eigenvalue weighted by atomic mass is 10.1. The number of aromatic amines is 1. The quantitative estimate of drug-likeness (QED) is 0.216. The minimum atomic E-state index is -0.828. The number of aliphatic carboxylic acids is 1. The number of benzene rings is 1. The molecule has 2 amide bonds. The van der Waals surface area contributed by atoms with Gasteiger partial charge in [0.15, 0.2) is 0 Å². The fourth-order valence-electron chi connectivity index (χ4n) is 4.23. The Morgan fingerprint density at radius 1 is 1.05 bits per heavy atom. The van der Waals surface area contributed by atoms with Crippen molar-refractivity contribution < 1.29 is 24.6 Å². The molecule has 4 rings (SSSR count). The van der Waals surface area contributed by atoms with Crippen molar-refractivity contribution in [3.8, 4) is 0 Å². The van der Waals surface area contributed by atoms with E-state index in [1.54, 1.807) is 0 Å². The maximum Gasteiger partial charge on any atom is 0.303 e. The first-order chi connectivity index (χ1) is 17.9. The van der Waals surface area contributed by atoms with Crippen molar-refractivity contribution in [3.05, 3.63) is 58.9 Å². The molecule has 0 saturated heterocycles. The Bertz CT molecular complexity index is 1220. The van der Waals surface area contributed by atoms with Crippen LogP contribution in [0.5, 0.6) is 0 Å². The summed E-state index contributed by atoms with van der Waals surface area (Å²) in [4.78, 5) is 40.5. The number of unbranched alkanes of at least 4 members (excludes halogenated alkanes) is 1. The summed E-state index contributed by atoms with van der Waals surface area (Å²) in [6.07, 6.45) is 5.93. The largest absolute Gasteiger partial charge is 0.481 e. The molecular weight excluding hydrogens is 474 g/mol. The van der Waals surface area contributed by atoms with Gasteiger partial charge in [-0.1, -0.05) is 24.3 Å². The first-order valence-corrected chi connectivity index (χ1v) is 12.6. The van der Waals surface area contributed by atoms with Gasteiger partial charge in [0, 0.05) is 48.1 Å². The summed E-state index contributed by atoms with van der Waals surface area (Å²) in [6, 6.07) is 11.6. The van der Waals surface area contributed by atoms with E-state index >= 15 is 0 Å². The maximum atomic E-state index is 11.6. The third kappa shape index (κ3) is 8.32. The number of amides is 2. The minimum absolute atomic E-state index is 0.00421. The van der Waals surface area contributed by atoms with Crippen molar-refractivity contribution in [2.45, 2.75) is 58.0 Å². The zero-order valence-electron chi connectivity index (χ0n) is 20.9. The zero-order valence-corrected chi connectivity index (χ0v) is 20.9. The third-order valence-electron chi connectivity index (χ3n) is 6.15. The number of hydrogen-bond donors (Lipinski definition) is 6. The van der Waals surface area contributed by atoms with Crippen LogP contribution >= 0.6 is 0 Å². The Hall–Kier alpha value is -3.92. The van der Waals surface area contributed by atoms with Crippen LogP contribution in [0.1, 0.15) is 65.8 Å². The molecule has 198 valence electrons. The Morgan fingerprint density at radius 2 is 1.86 bits per heavy atom. The van der Waals surface area contributed by atoms with Gasteiger partial charge in [0.05, 0.1) is 6.61 Å². The second-order valence-corrected chi connectivity index (χ2v) is 8.94. The average Bonchev–Trinajstić information content (AvgIpc) is 3.28. The number of carboxylic acid groups (broad SMARTS) is 1. The van der Waals surface area contributed by atoms with Crippen LogP contribution < -0.4 is 16.4 Å². The number of nitrogens with zero attached hydrogens (tertiary/aromatic N) is 1. The van der Waals surface area contributed by atoms with E-state index in [4.69, 9.17) is 15.9 Å².